The van der Waals surface area contributed by atoms with Crippen molar-refractivity contribution in [1.82, 2.24) is 4.57 Å². The van der Waals surface area contributed by atoms with E-state index in [1.165, 1.54) is 16.7 Å². The first-order valence-electron chi connectivity index (χ1n) is 22.2. The van der Waals surface area contributed by atoms with Crippen molar-refractivity contribution in [3.8, 4) is 11.5 Å². The lowest BCUT2D eigenvalue weighted by atomic mass is 9.97. The molecule has 1 aromatic heterocycles. The molecule has 0 spiro atoms. The van der Waals surface area contributed by atoms with E-state index in [9.17, 15) is 14.9 Å². The largest absolute Gasteiger partial charge is 0.485 e. The summed E-state index contributed by atoms with van der Waals surface area (Å²) in [7, 11) is 1.57. The molecular weight excluding hydrogens is 813 g/mol. The number of ether oxygens (including phenoxy) is 7. The van der Waals surface area contributed by atoms with Gasteiger partial charge in [0.1, 0.15) is 24.4 Å². The highest BCUT2D eigenvalue weighted by Crippen LogP contribution is 2.39. The minimum atomic E-state index is -1.21. The van der Waals surface area contributed by atoms with Crippen LogP contribution in [0.1, 0.15) is 67.7 Å². The Morgan fingerprint density at radius 2 is 1.14 bits per heavy atom. The molecule has 5 aromatic carbocycles. The van der Waals surface area contributed by atoms with Crippen LogP contribution >= 0.6 is 0 Å². The van der Waals surface area contributed by atoms with E-state index in [1.54, 1.807) is 13.1 Å². The molecule has 2 heterocycles. The van der Waals surface area contributed by atoms with E-state index in [0.29, 0.717) is 17.5 Å². The Balaban J connectivity index is 1.30. The van der Waals surface area contributed by atoms with E-state index in [1.807, 2.05) is 121 Å². The first kappa shape index (κ1) is 46.1. The van der Waals surface area contributed by atoms with Gasteiger partial charge in [-0.2, -0.15) is 0 Å². The van der Waals surface area contributed by atoms with Crippen molar-refractivity contribution in [2.75, 3.05) is 13.2 Å². The molecule has 0 radical (unpaired) electrons. The minimum Gasteiger partial charge on any atom is -0.485 e. The van der Waals surface area contributed by atoms with Gasteiger partial charge >= 0.3 is 0 Å². The maximum atomic E-state index is 14.3. The Morgan fingerprint density at radius 1 is 0.625 bits per heavy atom. The molecule has 0 amide bonds. The van der Waals surface area contributed by atoms with Crippen molar-refractivity contribution in [3.63, 3.8) is 0 Å². The maximum Gasteiger partial charge on any atom is 0.297 e. The van der Waals surface area contributed by atoms with E-state index in [4.69, 9.17) is 33.2 Å². The minimum absolute atomic E-state index is 0.0242. The highest BCUT2D eigenvalue weighted by molar-refractivity contribution is 5.89. The first-order chi connectivity index (χ1) is 31.4. The van der Waals surface area contributed by atoms with Crippen LogP contribution in [0.2, 0.25) is 0 Å². The predicted octanol–water partition coefficient (Wildman–Crippen LogP) is 10.3. The molecule has 1 fully saturated rings. The van der Waals surface area contributed by atoms with Gasteiger partial charge in [0.25, 0.3) is 11.2 Å². The van der Waals surface area contributed by atoms with Crippen LogP contribution in [-0.4, -0.2) is 53.4 Å². The van der Waals surface area contributed by atoms with Crippen molar-refractivity contribution in [1.29, 1.82) is 0 Å². The summed E-state index contributed by atoms with van der Waals surface area (Å²) in [5, 5.41) is 12.4. The molecule has 12 heteroatoms. The Kier molecular flexibility index (Phi) is 17.1. The maximum absolute atomic E-state index is 14.3. The van der Waals surface area contributed by atoms with E-state index in [-0.39, 0.29) is 50.2 Å². The van der Waals surface area contributed by atoms with Gasteiger partial charge < -0.3 is 37.7 Å². The molecule has 0 saturated carbocycles. The quantitative estimate of drug-likeness (QED) is 0.0329. The van der Waals surface area contributed by atoms with Gasteiger partial charge in [0.15, 0.2) is 5.75 Å². The zero-order chi connectivity index (χ0) is 44.5. The van der Waals surface area contributed by atoms with E-state index in [2.05, 4.69) is 6.92 Å². The summed E-state index contributed by atoms with van der Waals surface area (Å²) < 4.78 is 48.7. The van der Waals surface area contributed by atoms with Crippen molar-refractivity contribution in [2.24, 2.45) is 7.05 Å². The van der Waals surface area contributed by atoms with Gasteiger partial charge in [-0.1, -0.05) is 160 Å². The van der Waals surface area contributed by atoms with E-state index >= 15 is 0 Å². The molecular formula is C52H58N2O10. The summed E-state index contributed by atoms with van der Waals surface area (Å²) in [5.41, 5.74) is 3.42. The molecule has 0 unspecified atom stereocenters. The van der Waals surface area contributed by atoms with Gasteiger partial charge in [-0.15, -0.1) is 0 Å². The van der Waals surface area contributed by atoms with Crippen LogP contribution in [0.5, 0.6) is 11.5 Å². The summed E-state index contributed by atoms with van der Waals surface area (Å²) in [6.07, 6.45) is 1.70. The topological polar surface area (TPSA) is 130 Å². The van der Waals surface area contributed by atoms with Crippen LogP contribution in [0.4, 0.5) is 5.69 Å². The highest BCUT2D eigenvalue weighted by atomic mass is 16.7. The van der Waals surface area contributed by atoms with Gasteiger partial charge in [-0.05, 0) is 34.7 Å². The number of fused-ring (bicyclic) bond motifs is 1. The Hall–Kier alpha value is -5.89. The lowest BCUT2D eigenvalue weighted by Gasteiger charge is -2.45. The molecule has 7 rings (SSSR count). The van der Waals surface area contributed by atoms with Crippen molar-refractivity contribution in [3.05, 3.63) is 182 Å². The summed E-state index contributed by atoms with van der Waals surface area (Å²) in [6, 6.07) is 43.7. The smallest absolute Gasteiger partial charge is 0.297 e. The fraction of sp³-hybridized carbons (Fsp3) is 0.365. The van der Waals surface area contributed by atoms with Crippen LogP contribution in [0, 0.1) is 10.1 Å². The fourth-order valence-electron chi connectivity index (χ4n) is 7.84. The number of nitro benzene ring substituents is 1. The molecule has 0 bridgehead atoms. The number of rotatable bonds is 24. The average Bonchev–Trinajstić information content (AvgIpc) is 3.33. The van der Waals surface area contributed by atoms with Crippen molar-refractivity contribution < 1.29 is 38.1 Å². The molecule has 0 N–H and O–H groups in total. The van der Waals surface area contributed by atoms with Crippen molar-refractivity contribution in [2.45, 2.75) is 103 Å². The SMILES string of the molecule is CCCCCCCCOc1c(O[C@@H]2O[C@H](COCc3ccccc3)[C@H](OCc3ccccc3)[C@H](OCc3ccccc3)[C@H]2OCc2ccccc2)c2ccc([N+](=O)[O-])cc2n(C)c1=O. The molecule has 5 atom stereocenters. The lowest BCUT2D eigenvalue weighted by Crippen LogP contribution is -2.62. The number of aromatic nitrogens is 1. The number of non-ortho nitro benzene ring substituents is 1. The number of nitro groups is 1. The standard InChI is InChI=1S/C52H58N2O10/c1-3-4-5-6-7-20-31-59-49-46(43-30-29-42(54(56)57)32-44(43)53(2)51(49)55)64-52-50(62-36-41-27-18-11-19-28-41)48(61-35-40-25-16-10-17-26-40)47(60-34-39-23-14-9-15-24-39)45(63-52)37-58-33-38-21-12-8-13-22-38/h8-19,21-30,32,45,47-48,50,52H,3-7,20,31,33-37H2,1-2H3/t45-,47+,48+,50-,52+/m1/s1. The van der Waals surface area contributed by atoms with Gasteiger partial charge in [0.05, 0.1) is 50.1 Å². The summed E-state index contributed by atoms with van der Waals surface area (Å²) >= 11 is 0. The summed E-state index contributed by atoms with van der Waals surface area (Å²) in [5.74, 6) is 0.0654. The predicted molar refractivity (Wildman–Crippen MR) is 245 cm³/mol. The Bertz CT molecular complexity index is 2400. The summed E-state index contributed by atoms with van der Waals surface area (Å²) in [6.45, 7) is 3.50. The molecule has 0 aliphatic carbocycles. The second-order valence-corrected chi connectivity index (χ2v) is 16.0. The van der Waals surface area contributed by atoms with E-state index in [0.717, 1.165) is 60.8 Å². The normalized spacial score (nSPS) is 18.5. The monoisotopic (exact) mass is 870 g/mol. The van der Waals surface area contributed by atoms with Crippen LogP contribution in [-0.2, 0) is 57.2 Å². The van der Waals surface area contributed by atoms with Gasteiger partial charge in [-0.25, -0.2) is 0 Å². The number of benzene rings is 5. The summed E-state index contributed by atoms with van der Waals surface area (Å²) in [4.78, 5) is 25.8. The number of hydrogen-bond donors (Lipinski definition) is 0. The van der Waals surface area contributed by atoms with Gasteiger partial charge in [0, 0.05) is 24.6 Å². The molecule has 6 aromatic rings. The molecule has 1 aliphatic heterocycles. The highest BCUT2D eigenvalue weighted by Gasteiger charge is 2.50. The number of hydrogen-bond acceptors (Lipinski definition) is 10. The third-order valence-corrected chi connectivity index (χ3v) is 11.3. The van der Waals surface area contributed by atoms with Crippen LogP contribution in [0.15, 0.2) is 144 Å². The van der Waals surface area contributed by atoms with Crippen LogP contribution < -0.4 is 15.0 Å². The molecule has 336 valence electrons. The van der Waals surface area contributed by atoms with Gasteiger partial charge in [-0.3, -0.25) is 14.9 Å². The molecule has 1 aliphatic rings. The van der Waals surface area contributed by atoms with Crippen LogP contribution in [0.25, 0.3) is 10.9 Å². The third kappa shape index (κ3) is 12.4. The Morgan fingerprint density at radius 3 is 1.70 bits per heavy atom. The number of pyridine rings is 1. The second-order valence-electron chi connectivity index (χ2n) is 16.0. The zero-order valence-corrected chi connectivity index (χ0v) is 36.6. The van der Waals surface area contributed by atoms with Crippen molar-refractivity contribution >= 4 is 16.6 Å². The van der Waals surface area contributed by atoms with E-state index < -0.39 is 41.2 Å². The second kappa shape index (κ2) is 23.7. The number of nitrogens with zero attached hydrogens (tertiary/aromatic N) is 2. The zero-order valence-electron chi connectivity index (χ0n) is 36.6. The third-order valence-electron chi connectivity index (χ3n) is 11.3. The number of aryl methyl sites for hydroxylation is 1. The first-order valence-corrected chi connectivity index (χ1v) is 22.2. The fourth-order valence-corrected chi connectivity index (χ4v) is 7.84. The van der Waals surface area contributed by atoms with Crippen LogP contribution in [0.3, 0.4) is 0 Å². The molecule has 64 heavy (non-hydrogen) atoms. The average molecular weight is 871 g/mol. The van der Waals surface area contributed by atoms with Gasteiger partial charge in [0.2, 0.25) is 12.0 Å². The Labute approximate surface area is 374 Å². The lowest BCUT2D eigenvalue weighted by molar-refractivity contribution is -0.384. The molecule has 12 nitrogen and oxygen atoms in total. The number of unbranched alkanes of at least 4 members (excludes halogenated alkanes) is 5. The molecule has 1 saturated heterocycles.